The molecule has 2 N–H and O–H groups in total. The third-order valence-electron chi connectivity index (χ3n) is 4.26. The van der Waals surface area contributed by atoms with Gasteiger partial charge in [0.2, 0.25) is 9.84 Å². The number of amides is 1. The summed E-state index contributed by atoms with van der Waals surface area (Å²) in [4.78, 5) is 13.6. The van der Waals surface area contributed by atoms with Gasteiger partial charge in [-0.25, -0.2) is 8.42 Å². The summed E-state index contributed by atoms with van der Waals surface area (Å²) in [6, 6.07) is 4.61. The topological polar surface area (TPSA) is 80.5 Å². The van der Waals surface area contributed by atoms with Gasteiger partial charge in [0.1, 0.15) is 0 Å². The molecule has 1 amide bonds. The second-order valence-corrected chi connectivity index (χ2v) is 8.36. The zero-order valence-electron chi connectivity index (χ0n) is 13.0. The minimum Gasteiger partial charge on any atom is -0.338 e. The number of benzene rings is 1. The van der Waals surface area contributed by atoms with Crippen molar-refractivity contribution in [1.29, 1.82) is 0 Å². The average Bonchev–Trinajstić information content (AvgIpc) is 2.49. The number of sulfone groups is 1. The van der Waals surface area contributed by atoms with Crippen LogP contribution in [0.3, 0.4) is 0 Å². The van der Waals surface area contributed by atoms with Crippen LogP contribution in [0.5, 0.6) is 0 Å². The normalized spacial score (nSPS) is 21.5. The summed E-state index contributed by atoms with van der Waals surface area (Å²) >= 11 is 0. The Morgan fingerprint density at radius 3 is 2.35 bits per heavy atom. The number of hydrogen-bond donors (Lipinski definition) is 1. The highest BCUT2D eigenvalue weighted by atomic mass is 32.2. The molecule has 1 fully saturated rings. The number of carbonyl (C=O) groups is 1. The van der Waals surface area contributed by atoms with E-state index < -0.39 is 20.5 Å². The van der Waals surface area contributed by atoms with Crippen LogP contribution >= 0.6 is 0 Å². The highest BCUT2D eigenvalue weighted by Crippen LogP contribution is 2.28. The molecule has 1 unspecified atom stereocenters. The van der Waals surface area contributed by atoms with Crippen molar-refractivity contribution in [3.63, 3.8) is 0 Å². The van der Waals surface area contributed by atoms with E-state index in [1.807, 2.05) is 13.8 Å². The molecule has 1 saturated heterocycles. The lowest BCUT2D eigenvalue weighted by atomic mass is 9.79. The predicted octanol–water partition coefficient (Wildman–Crippen LogP) is 1.88. The van der Waals surface area contributed by atoms with Crippen molar-refractivity contribution in [3.05, 3.63) is 29.8 Å². The number of rotatable bonds is 3. The Kier molecular flexibility index (Phi) is 4.77. The fraction of sp³-hybridized carbons (Fsp3) is 0.533. The number of halogens is 2. The van der Waals surface area contributed by atoms with E-state index in [0.717, 1.165) is 12.1 Å². The molecule has 1 atom stereocenters. The van der Waals surface area contributed by atoms with Gasteiger partial charge in [0.15, 0.2) is 0 Å². The Balaban J connectivity index is 2.19. The molecule has 0 aliphatic carbocycles. The van der Waals surface area contributed by atoms with E-state index in [-0.39, 0.29) is 22.9 Å². The number of likely N-dealkylation sites (tertiary alicyclic amines) is 1. The Morgan fingerprint density at radius 1 is 1.30 bits per heavy atom. The molecule has 1 aliphatic rings. The fourth-order valence-corrected chi connectivity index (χ4v) is 3.34. The molecule has 1 aromatic carbocycles. The van der Waals surface area contributed by atoms with Gasteiger partial charge in [0.25, 0.3) is 5.91 Å². The molecule has 2 rings (SSSR count). The van der Waals surface area contributed by atoms with Gasteiger partial charge < -0.3 is 10.6 Å². The van der Waals surface area contributed by atoms with Crippen LogP contribution in [-0.4, -0.2) is 44.1 Å². The van der Waals surface area contributed by atoms with Gasteiger partial charge in [-0.3, -0.25) is 4.79 Å². The highest BCUT2D eigenvalue weighted by Gasteiger charge is 2.35. The second kappa shape index (κ2) is 6.16. The minimum atomic E-state index is -4.64. The van der Waals surface area contributed by atoms with Crippen LogP contribution in [0.15, 0.2) is 29.2 Å². The molecule has 0 saturated carbocycles. The van der Waals surface area contributed by atoms with Crippen molar-refractivity contribution < 1.29 is 22.0 Å². The van der Waals surface area contributed by atoms with Crippen molar-refractivity contribution in [2.75, 3.05) is 13.1 Å². The lowest BCUT2D eigenvalue weighted by Crippen LogP contribution is -2.53. The third-order valence-corrected chi connectivity index (χ3v) is 5.66. The number of hydrogen-bond acceptors (Lipinski definition) is 4. The van der Waals surface area contributed by atoms with Crippen LogP contribution in [0.4, 0.5) is 8.78 Å². The quantitative estimate of drug-likeness (QED) is 0.906. The Hall–Kier alpha value is -1.54. The van der Waals surface area contributed by atoms with Crippen molar-refractivity contribution in [2.24, 2.45) is 11.1 Å². The molecule has 8 heteroatoms. The lowest BCUT2D eigenvalue weighted by Gasteiger charge is -2.42. The molecule has 1 aromatic rings. The average molecular weight is 346 g/mol. The molecule has 0 spiro atoms. The Labute approximate surface area is 134 Å². The minimum absolute atomic E-state index is 0.00473. The second-order valence-electron chi connectivity index (χ2n) is 6.44. The van der Waals surface area contributed by atoms with E-state index in [9.17, 15) is 22.0 Å². The van der Waals surface area contributed by atoms with Gasteiger partial charge in [-0.1, -0.05) is 13.8 Å². The Morgan fingerprint density at radius 2 is 1.87 bits per heavy atom. The highest BCUT2D eigenvalue weighted by molar-refractivity contribution is 7.91. The van der Waals surface area contributed by atoms with E-state index in [1.165, 1.54) is 12.1 Å². The first-order valence-electron chi connectivity index (χ1n) is 7.22. The fourth-order valence-electron chi connectivity index (χ4n) is 2.62. The maximum atomic E-state index is 12.5. The van der Waals surface area contributed by atoms with Crippen molar-refractivity contribution in [3.8, 4) is 0 Å². The SMILES string of the molecule is CC1(C)CN(C(=O)c2ccc(S(=O)(=O)C(F)F)cc2)CCC1N. The summed E-state index contributed by atoms with van der Waals surface area (Å²) in [5.74, 6) is -3.74. The van der Waals surface area contributed by atoms with E-state index in [2.05, 4.69) is 0 Å². The number of piperidine rings is 1. The molecule has 0 bridgehead atoms. The number of nitrogens with zero attached hydrogens (tertiary/aromatic N) is 1. The maximum absolute atomic E-state index is 12.5. The van der Waals surface area contributed by atoms with E-state index >= 15 is 0 Å². The van der Waals surface area contributed by atoms with Gasteiger partial charge in [-0.15, -0.1) is 0 Å². The van der Waals surface area contributed by atoms with Crippen molar-refractivity contribution in [1.82, 2.24) is 4.90 Å². The largest absolute Gasteiger partial charge is 0.341 e. The van der Waals surface area contributed by atoms with Gasteiger partial charge in [0.05, 0.1) is 4.90 Å². The summed E-state index contributed by atoms with van der Waals surface area (Å²) in [5.41, 5.74) is 6.09. The number of carbonyl (C=O) groups excluding carboxylic acids is 1. The van der Waals surface area contributed by atoms with Crippen molar-refractivity contribution in [2.45, 2.75) is 37.0 Å². The smallest absolute Gasteiger partial charge is 0.338 e. The monoisotopic (exact) mass is 346 g/mol. The summed E-state index contributed by atoms with van der Waals surface area (Å²) in [5, 5.41) is 0. The summed E-state index contributed by atoms with van der Waals surface area (Å²) < 4.78 is 47.7. The lowest BCUT2D eigenvalue weighted by molar-refractivity contribution is 0.0533. The zero-order valence-corrected chi connectivity index (χ0v) is 13.8. The molecular weight excluding hydrogens is 326 g/mol. The van der Waals surface area contributed by atoms with Gasteiger partial charge in [-0.2, -0.15) is 8.78 Å². The number of alkyl halides is 2. The third kappa shape index (κ3) is 3.53. The first-order valence-corrected chi connectivity index (χ1v) is 8.77. The molecule has 128 valence electrons. The van der Waals surface area contributed by atoms with E-state index in [0.29, 0.717) is 19.5 Å². The summed E-state index contributed by atoms with van der Waals surface area (Å²) in [6.07, 6.45) is 0.677. The molecule has 0 radical (unpaired) electrons. The van der Waals surface area contributed by atoms with Crippen molar-refractivity contribution >= 4 is 15.7 Å². The predicted molar refractivity (Wildman–Crippen MR) is 81.9 cm³/mol. The molecule has 23 heavy (non-hydrogen) atoms. The molecule has 1 heterocycles. The van der Waals surface area contributed by atoms with Crippen LogP contribution in [0.25, 0.3) is 0 Å². The van der Waals surface area contributed by atoms with Crippen LogP contribution < -0.4 is 5.73 Å². The standard InChI is InChI=1S/C15H20F2N2O3S/c1-15(2)9-19(8-7-12(15)18)13(20)10-3-5-11(6-4-10)23(21,22)14(16)17/h3-6,12,14H,7-9,18H2,1-2H3. The summed E-state index contributed by atoms with van der Waals surface area (Å²) in [6.45, 7) is 4.97. The van der Waals surface area contributed by atoms with Crippen LogP contribution in [0.1, 0.15) is 30.6 Å². The first kappa shape index (κ1) is 17.8. The van der Waals surface area contributed by atoms with Gasteiger partial charge >= 0.3 is 5.76 Å². The van der Waals surface area contributed by atoms with Crippen LogP contribution in [0, 0.1) is 5.41 Å². The number of nitrogens with two attached hydrogens (primary N) is 1. The molecule has 5 nitrogen and oxygen atoms in total. The maximum Gasteiger partial charge on any atom is 0.341 e. The molecular formula is C15H20F2N2O3S. The first-order chi connectivity index (χ1) is 10.6. The Bertz CT molecular complexity index is 687. The van der Waals surface area contributed by atoms with E-state index in [4.69, 9.17) is 5.73 Å². The van der Waals surface area contributed by atoms with Crippen LogP contribution in [-0.2, 0) is 9.84 Å². The zero-order chi connectivity index (χ0) is 17.4. The van der Waals surface area contributed by atoms with Gasteiger partial charge in [-0.05, 0) is 36.1 Å². The molecule has 1 aliphatic heterocycles. The molecule has 0 aromatic heterocycles. The van der Waals surface area contributed by atoms with Gasteiger partial charge in [0, 0.05) is 24.7 Å². The summed E-state index contributed by atoms with van der Waals surface area (Å²) in [7, 11) is -4.64. The van der Waals surface area contributed by atoms with Crippen LogP contribution in [0.2, 0.25) is 0 Å². The van der Waals surface area contributed by atoms with E-state index in [1.54, 1.807) is 4.90 Å².